The molecule has 3 atom stereocenters. The lowest BCUT2D eigenvalue weighted by molar-refractivity contribution is -0.151. The number of rotatable bonds is 7. The molecule has 0 radical (unpaired) electrons. The van der Waals surface area contributed by atoms with Crippen LogP contribution in [0.3, 0.4) is 0 Å². The fourth-order valence-electron chi connectivity index (χ4n) is 3.01. The first kappa shape index (κ1) is 17.4. The van der Waals surface area contributed by atoms with Gasteiger partial charge in [0, 0.05) is 13.1 Å². The highest BCUT2D eigenvalue weighted by molar-refractivity contribution is 5.80. The zero-order chi connectivity index (χ0) is 15.2. The summed E-state index contributed by atoms with van der Waals surface area (Å²) in [5.41, 5.74) is 5.63. The molecular weight excluding hydrogens is 252 g/mol. The quantitative estimate of drug-likeness (QED) is 0.755. The van der Waals surface area contributed by atoms with Crippen LogP contribution in [-0.2, 0) is 9.53 Å². The maximum atomic E-state index is 12.1. The van der Waals surface area contributed by atoms with Crippen molar-refractivity contribution in [2.45, 2.75) is 71.5 Å². The van der Waals surface area contributed by atoms with Gasteiger partial charge in [-0.2, -0.15) is 0 Å². The monoisotopic (exact) mass is 284 g/mol. The average Bonchev–Trinajstić information content (AvgIpc) is 2.38. The number of ether oxygens (including phenoxy) is 1. The van der Waals surface area contributed by atoms with Gasteiger partial charge in [-0.15, -0.1) is 0 Å². The molecule has 1 fully saturated rings. The zero-order valence-electron chi connectivity index (χ0n) is 13.6. The van der Waals surface area contributed by atoms with Crippen molar-refractivity contribution in [1.82, 2.24) is 5.32 Å². The van der Waals surface area contributed by atoms with Crippen LogP contribution in [-0.4, -0.2) is 30.7 Å². The van der Waals surface area contributed by atoms with Crippen LogP contribution in [0.1, 0.15) is 59.8 Å². The summed E-state index contributed by atoms with van der Waals surface area (Å²) in [6.07, 6.45) is 4.89. The van der Waals surface area contributed by atoms with Gasteiger partial charge in [0.1, 0.15) is 6.10 Å². The SMILES string of the molecule is CC(C)CCNC(=O)C(C)OC1(CN)CCCC(C)C1. The summed E-state index contributed by atoms with van der Waals surface area (Å²) in [5, 5.41) is 2.95. The van der Waals surface area contributed by atoms with Crippen molar-refractivity contribution in [3.05, 3.63) is 0 Å². The molecule has 4 nitrogen and oxygen atoms in total. The van der Waals surface area contributed by atoms with Crippen molar-refractivity contribution < 1.29 is 9.53 Å². The molecule has 4 heteroatoms. The van der Waals surface area contributed by atoms with E-state index in [9.17, 15) is 4.79 Å². The van der Waals surface area contributed by atoms with E-state index in [1.165, 1.54) is 6.42 Å². The van der Waals surface area contributed by atoms with Gasteiger partial charge in [0.25, 0.3) is 0 Å². The van der Waals surface area contributed by atoms with Crippen LogP contribution in [0.2, 0.25) is 0 Å². The third-order valence-electron chi connectivity index (χ3n) is 4.24. The number of nitrogens with two attached hydrogens (primary N) is 1. The molecule has 3 unspecified atom stereocenters. The summed E-state index contributed by atoms with van der Waals surface area (Å²) in [6.45, 7) is 9.59. The summed E-state index contributed by atoms with van der Waals surface area (Å²) >= 11 is 0. The minimum atomic E-state index is -0.420. The number of carbonyl (C=O) groups excluding carboxylic acids is 1. The maximum absolute atomic E-state index is 12.1. The lowest BCUT2D eigenvalue weighted by Gasteiger charge is -2.40. The molecule has 20 heavy (non-hydrogen) atoms. The number of nitrogens with one attached hydrogen (secondary N) is 1. The highest BCUT2D eigenvalue weighted by Gasteiger charge is 2.37. The van der Waals surface area contributed by atoms with Crippen LogP contribution in [0.25, 0.3) is 0 Å². The number of hydrogen-bond acceptors (Lipinski definition) is 3. The second kappa shape index (κ2) is 7.99. The van der Waals surface area contributed by atoms with Crippen LogP contribution >= 0.6 is 0 Å². The predicted molar refractivity (Wildman–Crippen MR) is 82.4 cm³/mol. The first-order valence-electron chi connectivity index (χ1n) is 8.04. The largest absolute Gasteiger partial charge is 0.361 e. The molecule has 0 saturated heterocycles. The van der Waals surface area contributed by atoms with Crippen molar-refractivity contribution in [2.75, 3.05) is 13.1 Å². The fraction of sp³-hybridized carbons (Fsp3) is 0.938. The Balaban J connectivity index is 2.45. The van der Waals surface area contributed by atoms with Gasteiger partial charge in [0.05, 0.1) is 5.60 Å². The van der Waals surface area contributed by atoms with Crippen LogP contribution in [0, 0.1) is 11.8 Å². The second-order valence-corrected chi connectivity index (χ2v) is 6.82. The molecule has 3 N–H and O–H groups in total. The molecule has 1 aliphatic carbocycles. The standard InChI is InChI=1S/C16H32N2O2/c1-12(2)7-9-18-15(19)14(4)20-16(11-17)8-5-6-13(3)10-16/h12-14H,5-11,17H2,1-4H3,(H,18,19). The lowest BCUT2D eigenvalue weighted by Crippen LogP contribution is -2.49. The molecule has 0 spiro atoms. The Hall–Kier alpha value is -0.610. The van der Waals surface area contributed by atoms with Crippen molar-refractivity contribution in [3.63, 3.8) is 0 Å². The zero-order valence-corrected chi connectivity index (χ0v) is 13.6. The Morgan fingerprint density at radius 2 is 2.15 bits per heavy atom. The van der Waals surface area contributed by atoms with Crippen LogP contribution < -0.4 is 11.1 Å². The van der Waals surface area contributed by atoms with Crippen molar-refractivity contribution >= 4 is 5.91 Å². The highest BCUT2D eigenvalue weighted by Crippen LogP contribution is 2.35. The van der Waals surface area contributed by atoms with Crippen molar-refractivity contribution in [1.29, 1.82) is 0 Å². The Kier molecular flexibility index (Phi) is 6.96. The molecule has 1 aliphatic rings. The molecule has 0 bridgehead atoms. The maximum Gasteiger partial charge on any atom is 0.248 e. The molecule has 0 heterocycles. The van der Waals surface area contributed by atoms with E-state index >= 15 is 0 Å². The second-order valence-electron chi connectivity index (χ2n) is 6.82. The van der Waals surface area contributed by atoms with Gasteiger partial charge in [-0.1, -0.05) is 33.6 Å². The molecule has 1 saturated carbocycles. The van der Waals surface area contributed by atoms with Gasteiger partial charge in [-0.3, -0.25) is 4.79 Å². The van der Waals surface area contributed by atoms with Crippen molar-refractivity contribution in [2.24, 2.45) is 17.6 Å². The Bertz CT molecular complexity index is 307. The smallest absolute Gasteiger partial charge is 0.248 e. The summed E-state index contributed by atoms with van der Waals surface area (Å²) < 4.78 is 6.08. The van der Waals surface area contributed by atoms with E-state index in [0.29, 0.717) is 18.4 Å². The predicted octanol–water partition coefficient (Wildman–Crippen LogP) is 2.46. The molecule has 0 aromatic heterocycles. The molecule has 1 rings (SSSR count). The minimum Gasteiger partial charge on any atom is -0.361 e. The molecule has 0 aliphatic heterocycles. The normalized spacial score (nSPS) is 28.4. The third kappa shape index (κ3) is 5.41. The summed E-state index contributed by atoms with van der Waals surface area (Å²) in [5.74, 6) is 1.21. The van der Waals surface area contributed by atoms with E-state index in [4.69, 9.17) is 10.5 Å². The van der Waals surface area contributed by atoms with Crippen LogP contribution in [0.5, 0.6) is 0 Å². The van der Waals surface area contributed by atoms with Crippen molar-refractivity contribution in [3.8, 4) is 0 Å². The van der Waals surface area contributed by atoms with Gasteiger partial charge < -0.3 is 15.8 Å². The first-order valence-corrected chi connectivity index (χ1v) is 8.04. The van der Waals surface area contributed by atoms with E-state index in [-0.39, 0.29) is 11.5 Å². The highest BCUT2D eigenvalue weighted by atomic mass is 16.5. The number of amides is 1. The summed E-state index contributed by atoms with van der Waals surface area (Å²) in [7, 11) is 0. The van der Waals surface area contributed by atoms with Crippen LogP contribution in [0.4, 0.5) is 0 Å². The van der Waals surface area contributed by atoms with E-state index in [2.05, 4.69) is 26.1 Å². The number of hydrogen-bond donors (Lipinski definition) is 2. The molecule has 0 aromatic rings. The molecular formula is C16H32N2O2. The average molecular weight is 284 g/mol. The van der Waals surface area contributed by atoms with E-state index < -0.39 is 6.10 Å². The van der Waals surface area contributed by atoms with Gasteiger partial charge in [0.15, 0.2) is 0 Å². The topological polar surface area (TPSA) is 64.3 Å². The molecule has 1 amide bonds. The fourth-order valence-corrected chi connectivity index (χ4v) is 3.01. The molecule has 0 aromatic carbocycles. The molecule has 118 valence electrons. The minimum absolute atomic E-state index is 0.0169. The van der Waals surface area contributed by atoms with Gasteiger partial charge in [-0.05, 0) is 38.0 Å². The van der Waals surface area contributed by atoms with Gasteiger partial charge in [-0.25, -0.2) is 0 Å². The third-order valence-corrected chi connectivity index (χ3v) is 4.24. The summed E-state index contributed by atoms with van der Waals surface area (Å²) in [4.78, 5) is 12.1. The van der Waals surface area contributed by atoms with E-state index in [1.54, 1.807) is 0 Å². The van der Waals surface area contributed by atoms with Crippen LogP contribution in [0.15, 0.2) is 0 Å². The van der Waals surface area contributed by atoms with E-state index in [1.807, 2.05) is 6.92 Å². The van der Waals surface area contributed by atoms with Gasteiger partial charge in [0.2, 0.25) is 5.91 Å². The first-order chi connectivity index (χ1) is 9.38. The lowest BCUT2D eigenvalue weighted by atomic mass is 9.78. The Morgan fingerprint density at radius 1 is 1.45 bits per heavy atom. The number of carbonyl (C=O) groups is 1. The summed E-state index contributed by atoms with van der Waals surface area (Å²) in [6, 6.07) is 0. The van der Waals surface area contributed by atoms with Gasteiger partial charge >= 0.3 is 0 Å². The Morgan fingerprint density at radius 3 is 2.70 bits per heavy atom. The van der Waals surface area contributed by atoms with E-state index in [0.717, 1.165) is 32.2 Å². The Labute approximate surface area is 123 Å².